The number of ketones is 1. The van der Waals surface area contributed by atoms with Gasteiger partial charge in [0, 0.05) is 23.7 Å². The summed E-state index contributed by atoms with van der Waals surface area (Å²) in [4.78, 5) is 28.8. The normalized spacial score (nSPS) is 14.6. The number of fused-ring (bicyclic) bond motifs is 1. The van der Waals surface area contributed by atoms with Crippen molar-refractivity contribution >= 4 is 11.7 Å². The lowest BCUT2D eigenvalue weighted by Crippen LogP contribution is -2.32. The van der Waals surface area contributed by atoms with E-state index in [1.807, 2.05) is 0 Å². The van der Waals surface area contributed by atoms with Crippen molar-refractivity contribution in [2.75, 3.05) is 0 Å². The molecule has 0 bridgehead atoms. The molecule has 1 aromatic heterocycles. The SMILES string of the molecule is O=C(N[C@@H](c1ccc(C(F)(F)F)cc1)c1ncccc1C(F)(F)F)c1ccc2c(c1)C(=O)CC2. The molecule has 4 rings (SSSR count). The minimum atomic E-state index is -4.82. The largest absolute Gasteiger partial charge is 0.418 e. The molecule has 4 nitrogen and oxygen atoms in total. The lowest BCUT2D eigenvalue weighted by molar-refractivity contribution is -0.139. The molecule has 10 heteroatoms. The molecule has 0 saturated heterocycles. The summed E-state index contributed by atoms with van der Waals surface area (Å²) in [5, 5.41) is 2.45. The summed E-state index contributed by atoms with van der Waals surface area (Å²) in [6.45, 7) is 0. The van der Waals surface area contributed by atoms with E-state index in [1.165, 1.54) is 12.1 Å². The van der Waals surface area contributed by atoms with Gasteiger partial charge >= 0.3 is 12.4 Å². The number of carbonyl (C=O) groups is 2. The molecule has 0 radical (unpaired) electrons. The van der Waals surface area contributed by atoms with Crippen LogP contribution in [0.1, 0.15) is 61.1 Å². The van der Waals surface area contributed by atoms with Crippen LogP contribution in [0.5, 0.6) is 0 Å². The van der Waals surface area contributed by atoms with Crippen LogP contribution in [-0.4, -0.2) is 16.7 Å². The zero-order valence-electron chi connectivity index (χ0n) is 17.3. The maximum Gasteiger partial charge on any atom is 0.418 e. The number of benzene rings is 2. The number of rotatable bonds is 4. The van der Waals surface area contributed by atoms with E-state index in [4.69, 9.17) is 0 Å². The van der Waals surface area contributed by atoms with Gasteiger partial charge in [-0.25, -0.2) is 0 Å². The van der Waals surface area contributed by atoms with Gasteiger partial charge in [-0.2, -0.15) is 26.3 Å². The molecule has 1 aliphatic carbocycles. The molecule has 3 aromatic rings. The number of aromatic nitrogens is 1. The van der Waals surface area contributed by atoms with Crippen LogP contribution in [-0.2, 0) is 18.8 Å². The maximum atomic E-state index is 13.7. The Hall–Kier alpha value is -3.69. The van der Waals surface area contributed by atoms with Gasteiger partial charge in [-0.1, -0.05) is 18.2 Å². The highest BCUT2D eigenvalue weighted by molar-refractivity contribution is 6.03. The third-order valence-electron chi connectivity index (χ3n) is 5.56. The highest BCUT2D eigenvalue weighted by Crippen LogP contribution is 2.37. The van der Waals surface area contributed by atoms with Crippen LogP contribution in [0.15, 0.2) is 60.8 Å². The van der Waals surface area contributed by atoms with Crippen LogP contribution >= 0.6 is 0 Å². The average molecular weight is 478 g/mol. The molecule has 0 aliphatic heterocycles. The fourth-order valence-corrected chi connectivity index (χ4v) is 3.85. The van der Waals surface area contributed by atoms with Crippen molar-refractivity contribution < 1.29 is 35.9 Å². The number of alkyl halides is 6. The number of aryl methyl sites for hydroxylation is 1. The summed E-state index contributed by atoms with van der Waals surface area (Å²) in [7, 11) is 0. The molecule has 0 unspecified atom stereocenters. The zero-order valence-corrected chi connectivity index (χ0v) is 17.3. The third-order valence-corrected chi connectivity index (χ3v) is 5.56. The first-order valence-electron chi connectivity index (χ1n) is 10.1. The van der Waals surface area contributed by atoms with Gasteiger partial charge in [0.25, 0.3) is 5.91 Å². The Bertz CT molecular complexity index is 1250. The predicted molar refractivity (Wildman–Crippen MR) is 109 cm³/mol. The summed E-state index contributed by atoms with van der Waals surface area (Å²) < 4.78 is 79.9. The van der Waals surface area contributed by atoms with E-state index in [0.29, 0.717) is 18.4 Å². The smallest absolute Gasteiger partial charge is 0.340 e. The van der Waals surface area contributed by atoms with Gasteiger partial charge in [0.1, 0.15) is 0 Å². The molecule has 2 aromatic carbocycles. The van der Waals surface area contributed by atoms with Crippen molar-refractivity contribution in [3.05, 3.63) is 99.9 Å². The van der Waals surface area contributed by atoms with Gasteiger partial charge in [0.05, 0.1) is 22.9 Å². The number of hydrogen-bond acceptors (Lipinski definition) is 3. The van der Waals surface area contributed by atoms with Crippen molar-refractivity contribution in [3.8, 4) is 0 Å². The summed E-state index contributed by atoms with van der Waals surface area (Å²) in [6.07, 6.45) is -7.53. The quantitative estimate of drug-likeness (QED) is 0.485. The van der Waals surface area contributed by atoms with Gasteiger partial charge < -0.3 is 5.32 Å². The summed E-state index contributed by atoms with van der Waals surface area (Å²) in [5.74, 6) is -0.945. The van der Waals surface area contributed by atoms with E-state index in [-0.39, 0.29) is 16.9 Å². The van der Waals surface area contributed by atoms with Gasteiger partial charge in [-0.3, -0.25) is 14.6 Å². The van der Waals surface area contributed by atoms with Gasteiger partial charge in [-0.15, -0.1) is 0 Å². The van der Waals surface area contributed by atoms with Crippen LogP contribution in [0.25, 0.3) is 0 Å². The van der Waals surface area contributed by atoms with E-state index in [0.717, 1.165) is 48.2 Å². The summed E-state index contributed by atoms with van der Waals surface area (Å²) in [6, 6.07) is 8.19. The Labute approximate surface area is 189 Å². The molecule has 1 aliphatic rings. The monoisotopic (exact) mass is 478 g/mol. The van der Waals surface area contributed by atoms with Crippen molar-refractivity contribution in [2.45, 2.75) is 31.2 Å². The molecular formula is C24H16F6N2O2. The Morgan fingerprint density at radius 2 is 1.62 bits per heavy atom. The first-order valence-corrected chi connectivity index (χ1v) is 10.1. The summed E-state index contributed by atoms with van der Waals surface area (Å²) >= 11 is 0. The number of halogens is 6. The molecule has 1 N–H and O–H groups in total. The Morgan fingerprint density at radius 1 is 0.912 bits per heavy atom. The maximum absolute atomic E-state index is 13.7. The standard InChI is InChI=1S/C24H16F6N2O2/c25-23(26,27)16-8-5-14(6-9-16)20(21-18(24(28,29)30)2-1-11-31-21)32-22(34)15-4-3-13-7-10-19(33)17(13)12-15/h1-6,8-9,11-12,20H,7,10H2,(H,32,34)/t20-/m0/s1. The molecule has 176 valence electrons. The van der Waals surface area contributed by atoms with E-state index in [2.05, 4.69) is 10.3 Å². The molecule has 1 amide bonds. The first kappa shape index (κ1) is 23.5. The lowest BCUT2D eigenvalue weighted by Gasteiger charge is -2.23. The van der Waals surface area contributed by atoms with Crippen LogP contribution in [0.4, 0.5) is 26.3 Å². The average Bonchev–Trinajstić information content (AvgIpc) is 3.16. The fraction of sp³-hybridized carbons (Fsp3) is 0.208. The van der Waals surface area contributed by atoms with E-state index in [1.54, 1.807) is 6.07 Å². The lowest BCUT2D eigenvalue weighted by atomic mass is 9.97. The minimum absolute atomic E-state index is 0.0252. The number of pyridine rings is 1. The van der Waals surface area contributed by atoms with Crippen molar-refractivity contribution in [2.24, 2.45) is 0 Å². The second-order valence-corrected chi connectivity index (χ2v) is 7.76. The van der Waals surface area contributed by atoms with Crippen LogP contribution in [0.2, 0.25) is 0 Å². The number of nitrogens with zero attached hydrogens (tertiary/aromatic N) is 1. The molecule has 0 fully saturated rings. The number of amides is 1. The van der Waals surface area contributed by atoms with Crippen LogP contribution in [0, 0.1) is 0 Å². The third kappa shape index (κ3) is 4.66. The fourth-order valence-electron chi connectivity index (χ4n) is 3.85. The van der Waals surface area contributed by atoms with E-state index in [9.17, 15) is 35.9 Å². The van der Waals surface area contributed by atoms with Gasteiger partial charge in [0.15, 0.2) is 5.78 Å². The second kappa shape index (κ2) is 8.58. The molecule has 0 saturated carbocycles. The van der Waals surface area contributed by atoms with Crippen molar-refractivity contribution in [3.63, 3.8) is 0 Å². The number of nitrogens with one attached hydrogen (secondary N) is 1. The molecule has 1 heterocycles. The predicted octanol–water partition coefficient (Wildman–Crippen LogP) is 5.77. The van der Waals surface area contributed by atoms with Crippen molar-refractivity contribution in [1.82, 2.24) is 10.3 Å². The Morgan fingerprint density at radius 3 is 2.26 bits per heavy atom. The highest BCUT2D eigenvalue weighted by atomic mass is 19.4. The topological polar surface area (TPSA) is 59.1 Å². The highest BCUT2D eigenvalue weighted by Gasteiger charge is 2.37. The van der Waals surface area contributed by atoms with E-state index >= 15 is 0 Å². The number of hydrogen-bond donors (Lipinski definition) is 1. The number of Topliss-reactive ketones (excluding diaryl/α,β-unsaturated/α-hetero) is 1. The molecular weight excluding hydrogens is 462 g/mol. The van der Waals surface area contributed by atoms with Crippen LogP contribution in [0.3, 0.4) is 0 Å². The minimum Gasteiger partial charge on any atom is -0.340 e. The molecule has 34 heavy (non-hydrogen) atoms. The van der Waals surface area contributed by atoms with Gasteiger partial charge in [0.2, 0.25) is 0 Å². The number of carbonyl (C=O) groups excluding carboxylic acids is 2. The zero-order chi connectivity index (χ0) is 24.7. The van der Waals surface area contributed by atoms with Crippen molar-refractivity contribution in [1.29, 1.82) is 0 Å². The molecule has 0 spiro atoms. The Balaban J connectivity index is 1.76. The molecule has 1 atom stereocenters. The summed E-state index contributed by atoms with van der Waals surface area (Å²) in [5.41, 5.74) is -1.55. The Kier molecular flexibility index (Phi) is 5.93. The second-order valence-electron chi connectivity index (χ2n) is 7.76. The van der Waals surface area contributed by atoms with Crippen LogP contribution < -0.4 is 5.32 Å². The van der Waals surface area contributed by atoms with Gasteiger partial charge in [-0.05, 0) is 53.9 Å². The van der Waals surface area contributed by atoms with E-state index < -0.39 is 41.1 Å². The first-order chi connectivity index (χ1) is 15.9.